The predicted molar refractivity (Wildman–Crippen MR) is 85.0 cm³/mol. The fourth-order valence-corrected chi connectivity index (χ4v) is 4.89. The summed E-state index contributed by atoms with van der Waals surface area (Å²) < 4.78 is 0. The Hall–Kier alpha value is -1.34. The van der Waals surface area contributed by atoms with Crippen molar-refractivity contribution >= 4 is 10.8 Å². The Morgan fingerprint density at radius 1 is 0.900 bits per heavy atom. The van der Waals surface area contributed by atoms with Crippen LogP contribution in [0, 0.1) is 11.8 Å². The van der Waals surface area contributed by atoms with Gasteiger partial charge >= 0.3 is 0 Å². The first kappa shape index (κ1) is 12.4. The summed E-state index contributed by atoms with van der Waals surface area (Å²) in [4.78, 5) is 2.48. The van der Waals surface area contributed by atoms with E-state index in [9.17, 15) is 0 Å². The van der Waals surface area contributed by atoms with Crippen LogP contribution in [0.3, 0.4) is 0 Å². The van der Waals surface area contributed by atoms with Crippen molar-refractivity contribution in [1.82, 2.24) is 4.90 Å². The van der Waals surface area contributed by atoms with Crippen LogP contribution in [0.5, 0.6) is 0 Å². The molecule has 0 saturated heterocycles. The Morgan fingerprint density at radius 2 is 1.65 bits per heavy atom. The second-order valence-corrected chi connectivity index (χ2v) is 6.92. The molecule has 2 fully saturated rings. The largest absolute Gasteiger partial charge is 0.306 e. The van der Waals surface area contributed by atoms with Crippen molar-refractivity contribution in [2.24, 2.45) is 11.8 Å². The number of hydrogen-bond donors (Lipinski definition) is 0. The first-order chi connectivity index (χ1) is 9.74. The summed E-state index contributed by atoms with van der Waals surface area (Å²) in [6.45, 7) is 0. The van der Waals surface area contributed by atoms with Crippen LogP contribution >= 0.6 is 0 Å². The normalized spacial score (nSPS) is 32.4. The van der Waals surface area contributed by atoms with E-state index in [2.05, 4.69) is 61.5 Å². The fraction of sp³-hybridized carbons (Fsp3) is 0.474. The van der Waals surface area contributed by atoms with Gasteiger partial charge < -0.3 is 4.90 Å². The van der Waals surface area contributed by atoms with Gasteiger partial charge in [0.05, 0.1) is 0 Å². The second-order valence-electron chi connectivity index (χ2n) is 6.92. The van der Waals surface area contributed by atoms with E-state index in [-0.39, 0.29) is 0 Å². The fourth-order valence-electron chi connectivity index (χ4n) is 4.89. The third-order valence-corrected chi connectivity index (χ3v) is 5.63. The van der Waals surface area contributed by atoms with Gasteiger partial charge in [-0.3, -0.25) is 0 Å². The number of nitrogens with zero attached hydrogens (tertiary/aromatic N) is 1. The van der Waals surface area contributed by atoms with E-state index in [0.717, 1.165) is 23.8 Å². The van der Waals surface area contributed by atoms with Crippen LogP contribution in [0.15, 0.2) is 42.5 Å². The van der Waals surface area contributed by atoms with Crippen molar-refractivity contribution in [2.45, 2.75) is 31.2 Å². The molecule has 1 heteroatoms. The average molecular weight is 265 g/mol. The zero-order valence-electron chi connectivity index (χ0n) is 12.4. The van der Waals surface area contributed by atoms with Gasteiger partial charge in [0.25, 0.3) is 0 Å². The molecule has 0 radical (unpaired) electrons. The molecule has 0 N–H and O–H groups in total. The Balaban J connectivity index is 1.77. The van der Waals surface area contributed by atoms with E-state index in [0.29, 0.717) is 0 Å². The molecule has 0 unspecified atom stereocenters. The van der Waals surface area contributed by atoms with Crippen LogP contribution < -0.4 is 0 Å². The molecule has 0 aliphatic heterocycles. The zero-order chi connectivity index (χ0) is 13.7. The highest BCUT2D eigenvalue weighted by Crippen LogP contribution is 2.54. The van der Waals surface area contributed by atoms with Crippen LogP contribution in [0.25, 0.3) is 10.8 Å². The van der Waals surface area contributed by atoms with Gasteiger partial charge in [-0.05, 0) is 61.5 Å². The van der Waals surface area contributed by atoms with Gasteiger partial charge in [-0.15, -0.1) is 0 Å². The van der Waals surface area contributed by atoms with E-state index in [1.807, 2.05) is 0 Å². The van der Waals surface area contributed by atoms with Gasteiger partial charge in [-0.1, -0.05) is 42.5 Å². The maximum Gasteiger partial charge on any atom is 0.0189 e. The summed E-state index contributed by atoms with van der Waals surface area (Å²) in [5.41, 5.74) is 1.56. The Labute approximate surface area is 121 Å². The molecule has 104 valence electrons. The second kappa shape index (κ2) is 4.60. The molecule has 2 aliphatic carbocycles. The zero-order valence-corrected chi connectivity index (χ0v) is 12.4. The van der Waals surface area contributed by atoms with E-state index in [1.165, 1.54) is 30.0 Å². The van der Waals surface area contributed by atoms with Gasteiger partial charge in [-0.25, -0.2) is 0 Å². The van der Waals surface area contributed by atoms with Crippen LogP contribution in [-0.2, 0) is 0 Å². The lowest BCUT2D eigenvalue weighted by Crippen LogP contribution is -2.38. The summed E-state index contributed by atoms with van der Waals surface area (Å²) in [5.74, 6) is 2.58. The highest BCUT2D eigenvalue weighted by molar-refractivity contribution is 5.83. The minimum absolute atomic E-state index is 0.744. The number of hydrogen-bond acceptors (Lipinski definition) is 1. The standard InChI is InChI=1S/C19H23N/c1-20(2)19-17-10-9-16(12-17)18(19)15-8-7-13-5-3-4-6-14(13)11-15/h3-8,11,16-19H,9-10,12H2,1-2H3/t16-,17-,18+,19-/m1/s1. The predicted octanol–water partition coefficient (Wildman–Crippen LogP) is 4.28. The quantitative estimate of drug-likeness (QED) is 0.783. The van der Waals surface area contributed by atoms with Crippen LogP contribution in [0.1, 0.15) is 30.7 Å². The summed E-state index contributed by atoms with van der Waals surface area (Å²) in [6.07, 6.45) is 4.32. The van der Waals surface area contributed by atoms with Crippen molar-refractivity contribution < 1.29 is 0 Å². The lowest BCUT2D eigenvalue weighted by atomic mass is 9.79. The summed E-state index contributed by atoms with van der Waals surface area (Å²) in [7, 11) is 4.53. The van der Waals surface area contributed by atoms with Gasteiger partial charge in [0.1, 0.15) is 0 Å². The molecule has 4 atom stereocenters. The minimum atomic E-state index is 0.744. The molecule has 0 heterocycles. The summed E-state index contributed by atoms with van der Waals surface area (Å²) in [5, 5.41) is 2.76. The molecule has 0 aromatic heterocycles. The topological polar surface area (TPSA) is 3.24 Å². The van der Waals surface area contributed by atoms with Gasteiger partial charge in [-0.2, -0.15) is 0 Å². The molecule has 1 nitrogen and oxygen atoms in total. The highest BCUT2D eigenvalue weighted by atomic mass is 15.1. The van der Waals surface area contributed by atoms with Crippen LogP contribution in [0.4, 0.5) is 0 Å². The van der Waals surface area contributed by atoms with Gasteiger partial charge in [0.2, 0.25) is 0 Å². The molecule has 0 amide bonds. The number of fused-ring (bicyclic) bond motifs is 3. The molecular formula is C19H23N. The third kappa shape index (κ3) is 1.80. The molecule has 4 rings (SSSR count). The highest BCUT2D eigenvalue weighted by Gasteiger charge is 2.48. The molecular weight excluding hydrogens is 242 g/mol. The molecule has 20 heavy (non-hydrogen) atoms. The Morgan fingerprint density at radius 3 is 2.45 bits per heavy atom. The maximum absolute atomic E-state index is 2.48. The Kier molecular flexibility index (Phi) is 2.85. The molecule has 2 saturated carbocycles. The number of benzene rings is 2. The van der Waals surface area contributed by atoms with Crippen LogP contribution in [0.2, 0.25) is 0 Å². The van der Waals surface area contributed by atoms with E-state index in [4.69, 9.17) is 0 Å². The summed E-state index contributed by atoms with van der Waals surface area (Å²) >= 11 is 0. The smallest absolute Gasteiger partial charge is 0.0189 e. The average Bonchev–Trinajstić information content (AvgIpc) is 3.07. The summed E-state index contributed by atoms with van der Waals surface area (Å²) in [6, 6.07) is 16.6. The van der Waals surface area contributed by atoms with Gasteiger partial charge in [0, 0.05) is 12.0 Å². The minimum Gasteiger partial charge on any atom is -0.306 e. The Bertz CT molecular complexity index is 630. The van der Waals surface area contributed by atoms with Crippen molar-refractivity contribution in [3.63, 3.8) is 0 Å². The molecule has 2 aliphatic rings. The van der Waals surface area contributed by atoms with E-state index >= 15 is 0 Å². The number of rotatable bonds is 2. The van der Waals surface area contributed by atoms with Gasteiger partial charge in [0.15, 0.2) is 0 Å². The monoisotopic (exact) mass is 265 g/mol. The van der Waals surface area contributed by atoms with Crippen molar-refractivity contribution in [3.05, 3.63) is 48.0 Å². The molecule has 2 aromatic carbocycles. The van der Waals surface area contributed by atoms with Crippen molar-refractivity contribution in [3.8, 4) is 0 Å². The van der Waals surface area contributed by atoms with E-state index in [1.54, 1.807) is 5.56 Å². The first-order valence-electron chi connectivity index (χ1n) is 7.89. The molecule has 2 aromatic rings. The van der Waals surface area contributed by atoms with Crippen LogP contribution in [-0.4, -0.2) is 25.0 Å². The molecule has 2 bridgehead atoms. The lowest BCUT2D eigenvalue weighted by Gasteiger charge is -2.36. The van der Waals surface area contributed by atoms with E-state index < -0.39 is 0 Å². The third-order valence-electron chi connectivity index (χ3n) is 5.63. The number of likely N-dealkylation sites (N-methyl/N-ethyl adjacent to an activating group) is 1. The maximum atomic E-state index is 2.48. The first-order valence-corrected chi connectivity index (χ1v) is 7.89. The van der Waals surface area contributed by atoms with Crippen molar-refractivity contribution in [1.29, 1.82) is 0 Å². The SMILES string of the molecule is CN(C)[C@@H]1[C@@H]2CC[C@H](C2)[C@@H]1c1ccc2ccccc2c1. The molecule has 0 spiro atoms. The lowest BCUT2D eigenvalue weighted by molar-refractivity contribution is 0.185. The van der Waals surface area contributed by atoms with Crippen molar-refractivity contribution in [2.75, 3.05) is 14.1 Å².